The van der Waals surface area contributed by atoms with Gasteiger partial charge in [0.05, 0.1) is 11.2 Å². The van der Waals surface area contributed by atoms with Crippen molar-refractivity contribution in [3.05, 3.63) is 34.9 Å². The summed E-state index contributed by atoms with van der Waals surface area (Å²) in [6, 6.07) is 7.81. The highest BCUT2D eigenvalue weighted by Gasteiger charge is 2.32. The Bertz CT molecular complexity index is 674. The predicted molar refractivity (Wildman–Crippen MR) is 88.0 cm³/mol. The van der Waals surface area contributed by atoms with E-state index in [4.69, 9.17) is 5.73 Å². The van der Waals surface area contributed by atoms with Crippen LogP contribution < -0.4 is 11.1 Å². The normalized spacial score (nSPS) is 21.6. The number of nitrogens with one attached hydrogen (secondary N) is 1. The third kappa shape index (κ3) is 2.94. The van der Waals surface area contributed by atoms with E-state index < -0.39 is 0 Å². The number of pyridine rings is 1. The van der Waals surface area contributed by atoms with Crippen LogP contribution in [0.15, 0.2) is 34.9 Å². The minimum absolute atomic E-state index is 0.0284. The average molecular weight is 348 g/mol. The number of hydrogen-bond acceptors (Lipinski definition) is 3. The summed E-state index contributed by atoms with van der Waals surface area (Å²) in [4.78, 5) is 16.9. The van der Waals surface area contributed by atoms with Crippen LogP contribution >= 0.6 is 15.9 Å². The van der Waals surface area contributed by atoms with E-state index >= 15 is 0 Å². The Morgan fingerprint density at radius 2 is 2.29 bits per heavy atom. The number of amides is 1. The summed E-state index contributed by atoms with van der Waals surface area (Å²) in [7, 11) is 0. The van der Waals surface area contributed by atoms with E-state index in [-0.39, 0.29) is 11.8 Å². The lowest BCUT2D eigenvalue weighted by molar-refractivity contribution is -0.120. The monoisotopic (exact) mass is 347 g/mol. The molecule has 1 aromatic heterocycles. The molecule has 0 radical (unpaired) electrons. The number of fused-ring (bicyclic) bond motifs is 1. The molecule has 2 aromatic rings. The molecule has 1 aromatic carbocycles. The number of nitrogens with two attached hydrogens (primary N) is 1. The predicted octanol–water partition coefficient (Wildman–Crippen LogP) is 3.31. The smallest absolute Gasteiger partial charge is 0.227 e. The number of anilines is 1. The first-order valence-corrected chi connectivity index (χ1v) is 8.03. The highest BCUT2D eigenvalue weighted by atomic mass is 79.9. The van der Waals surface area contributed by atoms with E-state index in [0.29, 0.717) is 12.5 Å². The van der Waals surface area contributed by atoms with Gasteiger partial charge in [0.2, 0.25) is 5.91 Å². The maximum Gasteiger partial charge on any atom is 0.227 e. The van der Waals surface area contributed by atoms with Crippen molar-refractivity contribution >= 4 is 38.4 Å². The first-order chi connectivity index (χ1) is 10.2. The molecule has 110 valence electrons. The Labute approximate surface area is 132 Å². The van der Waals surface area contributed by atoms with Crippen molar-refractivity contribution in [2.45, 2.75) is 19.3 Å². The lowest BCUT2D eigenvalue weighted by Crippen LogP contribution is -2.29. The number of para-hydroxylation sites is 1. The van der Waals surface area contributed by atoms with Gasteiger partial charge in [-0.15, -0.1) is 0 Å². The molecule has 1 fully saturated rings. The molecule has 21 heavy (non-hydrogen) atoms. The van der Waals surface area contributed by atoms with Crippen molar-refractivity contribution in [2.75, 3.05) is 11.9 Å². The van der Waals surface area contributed by atoms with Gasteiger partial charge in [-0.05, 0) is 53.4 Å². The van der Waals surface area contributed by atoms with Gasteiger partial charge in [0.25, 0.3) is 0 Å². The second-order valence-corrected chi connectivity index (χ2v) is 6.47. The van der Waals surface area contributed by atoms with Crippen molar-refractivity contribution in [3.63, 3.8) is 0 Å². The lowest BCUT2D eigenvalue weighted by atomic mass is 9.95. The van der Waals surface area contributed by atoms with Crippen LogP contribution in [0.1, 0.15) is 19.3 Å². The number of carbonyl (C=O) groups is 1. The molecule has 0 bridgehead atoms. The van der Waals surface area contributed by atoms with E-state index in [1.165, 1.54) is 0 Å². The average Bonchev–Trinajstić information content (AvgIpc) is 2.95. The number of nitrogens with zero attached hydrogens (tertiary/aromatic N) is 1. The van der Waals surface area contributed by atoms with Crippen LogP contribution in [0.25, 0.3) is 10.9 Å². The second kappa shape index (κ2) is 6.12. The highest BCUT2D eigenvalue weighted by Crippen LogP contribution is 2.32. The fourth-order valence-corrected chi connectivity index (χ4v) is 3.47. The van der Waals surface area contributed by atoms with Crippen LogP contribution in [0.3, 0.4) is 0 Å². The summed E-state index contributed by atoms with van der Waals surface area (Å²) in [5, 5.41) is 4.04. The molecule has 1 aliphatic rings. The molecule has 0 spiro atoms. The summed E-state index contributed by atoms with van der Waals surface area (Å²) in [5.74, 6) is 0.406. The van der Waals surface area contributed by atoms with Crippen LogP contribution in [-0.4, -0.2) is 17.4 Å². The zero-order valence-electron chi connectivity index (χ0n) is 11.7. The molecule has 5 heteroatoms. The Balaban J connectivity index is 1.86. The Morgan fingerprint density at radius 1 is 1.43 bits per heavy atom. The molecule has 4 nitrogen and oxygen atoms in total. The zero-order valence-corrected chi connectivity index (χ0v) is 13.3. The van der Waals surface area contributed by atoms with Crippen LogP contribution in [0.5, 0.6) is 0 Å². The molecule has 1 amide bonds. The van der Waals surface area contributed by atoms with E-state index in [1.807, 2.05) is 24.3 Å². The summed E-state index contributed by atoms with van der Waals surface area (Å²) in [6.45, 7) is 0.582. The minimum Gasteiger partial charge on any atom is -0.330 e. The minimum atomic E-state index is 0.0284. The molecule has 1 saturated carbocycles. The molecular weight excluding hydrogens is 330 g/mol. The lowest BCUT2D eigenvalue weighted by Gasteiger charge is -2.18. The van der Waals surface area contributed by atoms with Crippen LogP contribution in [-0.2, 0) is 4.79 Å². The molecular formula is C16H18BrN3O. The number of carbonyl (C=O) groups excluding carboxylic acids is 1. The van der Waals surface area contributed by atoms with Crippen molar-refractivity contribution < 1.29 is 4.79 Å². The first-order valence-electron chi connectivity index (χ1n) is 7.24. The standard InChI is InChI=1S/C16H18BrN3O/c17-12-7-10-3-2-6-14(15(10)19-9-12)20-16(21)13-5-1-4-11(13)8-18/h2-3,6-7,9,11,13H,1,4-5,8,18H2,(H,20,21). The SMILES string of the molecule is NCC1CCCC1C(=O)Nc1cccc2cc(Br)cnc12. The third-order valence-electron chi connectivity index (χ3n) is 4.23. The van der Waals surface area contributed by atoms with Crippen molar-refractivity contribution in [1.29, 1.82) is 0 Å². The van der Waals surface area contributed by atoms with Gasteiger partial charge in [0, 0.05) is 22.0 Å². The van der Waals surface area contributed by atoms with Crippen molar-refractivity contribution in [3.8, 4) is 0 Å². The van der Waals surface area contributed by atoms with Gasteiger partial charge in [-0.2, -0.15) is 0 Å². The van der Waals surface area contributed by atoms with Crippen LogP contribution in [0, 0.1) is 11.8 Å². The number of rotatable bonds is 3. The summed E-state index contributed by atoms with van der Waals surface area (Å²) >= 11 is 3.42. The van der Waals surface area contributed by atoms with E-state index in [0.717, 1.165) is 40.3 Å². The summed E-state index contributed by atoms with van der Waals surface area (Å²) < 4.78 is 0.928. The van der Waals surface area contributed by atoms with Crippen molar-refractivity contribution in [1.82, 2.24) is 4.98 Å². The summed E-state index contributed by atoms with van der Waals surface area (Å²) in [5.41, 5.74) is 7.35. The van der Waals surface area contributed by atoms with Gasteiger partial charge in [0.1, 0.15) is 0 Å². The van der Waals surface area contributed by atoms with Crippen LogP contribution in [0.2, 0.25) is 0 Å². The number of hydrogen-bond donors (Lipinski definition) is 2. The molecule has 3 N–H and O–H groups in total. The molecule has 2 unspecified atom stereocenters. The maximum absolute atomic E-state index is 12.5. The zero-order chi connectivity index (χ0) is 14.8. The van der Waals surface area contributed by atoms with Gasteiger partial charge >= 0.3 is 0 Å². The topological polar surface area (TPSA) is 68.0 Å². The number of halogens is 1. The Morgan fingerprint density at radius 3 is 3.10 bits per heavy atom. The quantitative estimate of drug-likeness (QED) is 0.894. The molecule has 0 saturated heterocycles. The number of aromatic nitrogens is 1. The highest BCUT2D eigenvalue weighted by molar-refractivity contribution is 9.10. The van der Waals surface area contributed by atoms with E-state index in [9.17, 15) is 4.79 Å². The van der Waals surface area contributed by atoms with Gasteiger partial charge in [-0.1, -0.05) is 18.6 Å². The molecule has 2 atom stereocenters. The largest absolute Gasteiger partial charge is 0.330 e. The molecule has 0 aliphatic heterocycles. The first kappa shape index (κ1) is 14.5. The molecule has 3 rings (SSSR count). The Kier molecular flexibility index (Phi) is 4.22. The molecule has 1 aliphatic carbocycles. The van der Waals surface area contributed by atoms with E-state index in [2.05, 4.69) is 26.2 Å². The van der Waals surface area contributed by atoms with Crippen molar-refractivity contribution in [2.24, 2.45) is 17.6 Å². The molecule has 1 heterocycles. The third-order valence-corrected chi connectivity index (χ3v) is 4.67. The fraction of sp³-hybridized carbons (Fsp3) is 0.375. The maximum atomic E-state index is 12.5. The second-order valence-electron chi connectivity index (χ2n) is 5.55. The van der Waals surface area contributed by atoms with Crippen LogP contribution in [0.4, 0.5) is 5.69 Å². The van der Waals surface area contributed by atoms with E-state index in [1.54, 1.807) is 6.20 Å². The van der Waals surface area contributed by atoms with Gasteiger partial charge in [0.15, 0.2) is 0 Å². The number of benzene rings is 1. The summed E-state index contributed by atoms with van der Waals surface area (Å²) in [6.07, 6.45) is 4.81. The van der Waals surface area contributed by atoms with Gasteiger partial charge in [-0.25, -0.2) is 0 Å². The fourth-order valence-electron chi connectivity index (χ4n) is 3.12. The van der Waals surface area contributed by atoms with Gasteiger partial charge < -0.3 is 11.1 Å². The van der Waals surface area contributed by atoms with Gasteiger partial charge in [-0.3, -0.25) is 9.78 Å². The Hall–Kier alpha value is -1.46.